The number of benzene rings is 4. The van der Waals surface area contributed by atoms with Crippen LogP contribution in [0.15, 0.2) is 72.8 Å². The van der Waals surface area contributed by atoms with Crippen molar-refractivity contribution >= 4 is 57.3 Å². The third-order valence-corrected chi connectivity index (χ3v) is 7.15. The van der Waals surface area contributed by atoms with E-state index in [1.54, 1.807) is 48.5 Å². The summed E-state index contributed by atoms with van der Waals surface area (Å²) in [7, 11) is 0. The number of hydrogen-bond acceptors (Lipinski definition) is 7. The lowest BCUT2D eigenvalue weighted by molar-refractivity contribution is 0.0863. The molecule has 2 aliphatic rings. The van der Waals surface area contributed by atoms with Gasteiger partial charge in [-0.1, -0.05) is 24.3 Å². The van der Waals surface area contributed by atoms with Crippen molar-refractivity contribution < 1.29 is 33.5 Å². The second kappa shape index (κ2) is 9.81. The van der Waals surface area contributed by atoms with Crippen molar-refractivity contribution in [3.8, 4) is 33.8 Å². The van der Waals surface area contributed by atoms with Crippen molar-refractivity contribution in [2.45, 2.75) is 0 Å². The Labute approximate surface area is 241 Å². The number of ether oxygens (including phenoxy) is 1. The monoisotopic (exact) mass is 584 g/mol. The molecule has 9 nitrogen and oxygen atoms in total. The Morgan fingerprint density at radius 3 is 1.12 bits per heavy atom. The van der Waals surface area contributed by atoms with Crippen LogP contribution in [0.2, 0.25) is 0 Å². The van der Waals surface area contributed by atoms with Gasteiger partial charge in [0.1, 0.15) is 11.5 Å². The van der Waals surface area contributed by atoms with Crippen molar-refractivity contribution in [1.82, 2.24) is 10.6 Å². The zero-order valence-electron chi connectivity index (χ0n) is 20.5. The molecule has 0 aliphatic carbocycles. The molecule has 4 amide bonds. The fourth-order valence-corrected chi connectivity index (χ4v) is 5.08. The van der Waals surface area contributed by atoms with Gasteiger partial charge in [0.15, 0.2) is 0 Å². The lowest BCUT2D eigenvalue weighted by Gasteiger charge is -2.12. The molecular formula is C30H14Cl2N2O7. The van der Waals surface area contributed by atoms with Crippen LogP contribution in [0.25, 0.3) is 22.3 Å². The SMILES string of the molecule is O=C1NC(=O)c2cc(-c3ccc(Oc4ccc(-c5cc6c(cc5C(=O)Cl)C(=O)NC6=O)cc4)cc3)c(C(=O)Cl)cc21. The first-order valence-electron chi connectivity index (χ1n) is 12.0. The largest absolute Gasteiger partial charge is 0.457 e. The fraction of sp³-hybridized carbons (Fsp3) is 0. The van der Waals surface area contributed by atoms with E-state index in [0.29, 0.717) is 33.8 Å². The summed E-state index contributed by atoms with van der Waals surface area (Å²) in [5, 5.41) is 2.84. The minimum Gasteiger partial charge on any atom is -0.457 e. The van der Waals surface area contributed by atoms with Gasteiger partial charge in [0.05, 0.1) is 22.3 Å². The van der Waals surface area contributed by atoms with Crippen LogP contribution in [-0.2, 0) is 0 Å². The van der Waals surface area contributed by atoms with Gasteiger partial charge in [0, 0.05) is 11.1 Å². The van der Waals surface area contributed by atoms with Crippen LogP contribution in [0.4, 0.5) is 0 Å². The van der Waals surface area contributed by atoms with Crippen LogP contribution in [0.3, 0.4) is 0 Å². The van der Waals surface area contributed by atoms with E-state index < -0.39 is 34.1 Å². The minimum atomic E-state index is -0.773. The van der Waals surface area contributed by atoms with Gasteiger partial charge in [-0.25, -0.2) is 0 Å². The standard InChI is InChI=1S/C30H14Cl2N2O7/c31-25(35)19-11-23-21(27(37)33-29(23)39)9-17(19)13-1-5-15(6-2-13)41-16-7-3-14(4-8-16)18-10-22-24(12-20(18)26(32)36)30(40)34-28(22)38/h1-12H,(H,33,37,39)(H,34,38,40). The summed E-state index contributed by atoms with van der Waals surface area (Å²) in [6, 6.07) is 18.9. The molecule has 4 aromatic carbocycles. The van der Waals surface area contributed by atoms with Crippen molar-refractivity contribution in [3.63, 3.8) is 0 Å². The first-order valence-corrected chi connectivity index (χ1v) is 12.7. The molecule has 6 rings (SSSR count). The smallest absolute Gasteiger partial charge is 0.258 e. The van der Waals surface area contributed by atoms with Crippen LogP contribution >= 0.6 is 23.2 Å². The molecule has 2 aliphatic heterocycles. The van der Waals surface area contributed by atoms with Crippen molar-refractivity contribution in [2.75, 3.05) is 0 Å². The molecule has 0 aromatic heterocycles. The highest BCUT2D eigenvalue weighted by Gasteiger charge is 2.31. The number of carbonyl (C=O) groups excluding carboxylic acids is 6. The molecule has 2 heterocycles. The maximum Gasteiger partial charge on any atom is 0.258 e. The molecule has 0 unspecified atom stereocenters. The minimum absolute atomic E-state index is 0.0859. The quantitative estimate of drug-likeness (QED) is 0.230. The van der Waals surface area contributed by atoms with E-state index >= 15 is 0 Å². The van der Waals surface area contributed by atoms with Crippen LogP contribution in [0, 0.1) is 0 Å². The van der Waals surface area contributed by atoms with Gasteiger partial charge in [0.2, 0.25) is 0 Å². The van der Waals surface area contributed by atoms with Gasteiger partial charge >= 0.3 is 0 Å². The predicted octanol–water partition coefficient (Wildman–Crippen LogP) is 5.34. The highest BCUT2D eigenvalue weighted by molar-refractivity contribution is 6.68. The summed E-state index contributed by atoms with van der Waals surface area (Å²) in [6.07, 6.45) is 0. The second-order valence-electron chi connectivity index (χ2n) is 9.15. The number of halogens is 2. The fourth-order valence-electron chi connectivity index (χ4n) is 4.77. The highest BCUT2D eigenvalue weighted by Crippen LogP contribution is 2.34. The summed E-state index contributed by atoms with van der Waals surface area (Å²) >= 11 is 11.5. The number of rotatable bonds is 6. The topological polar surface area (TPSA) is 136 Å². The Kier molecular flexibility index (Phi) is 6.25. The molecule has 0 saturated carbocycles. The third-order valence-electron chi connectivity index (χ3n) is 6.74. The number of hydrogen-bond donors (Lipinski definition) is 2. The Bertz CT molecular complexity index is 1740. The average Bonchev–Trinajstić information content (AvgIpc) is 3.40. The van der Waals surface area contributed by atoms with E-state index in [0.717, 1.165) is 0 Å². The first kappa shape index (κ1) is 26.1. The van der Waals surface area contributed by atoms with Crippen molar-refractivity contribution in [2.24, 2.45) is 0 Å². The molecule has 4 aromatic rings. The summed E-state index contributed by atoms with van der Waals surface area (Å²) in [6.45, 7) is 0. The number of amides is 4. The van der Waals surface area contributed by atoms with Gasteiger partial charge < -0.3 is 4.74 Å². The number of imide groups is 2. The zero-order chi connectivity index (χ0) is 29.0. The Hall–Kier alpha value is -5.12. The van der Waals surface area contributed by atoms with Crippen LogP contribution < -0.4 is 15.4 Å². The Morgan fingerprint density at radius 2 is 0.805 bits per heavy atom. The van der Waals surface area contributed by atoms with E-state index in [9.17, 15) is 28.8 Å². The molecule has 0 saturated heterocycles. The van der Waals surface area contributed by atoms with E-state index in [1.807, 2.05) is 0 Å². The molecule has 11 heteroatoms. The maximum absolute atomic E-state index is 12.1. The molecule has 0 radical (unpaired) electrons. The Balaban J connectivity index is 1.26. The lowest BCUT2D eigenvalue weighted by Crippen LogP contribution is -2.19. The van der Waals surface area contributed by atoms with Gasteiger partial charge in [-0.15, -0.1) is 0 Å². The molecule has 0 atom stereocenters. The molecule has 0 spiro atoms. The van der Waals surface area contributed by atoms with Gasteiger partial charge in [-0.2, -0.15) is 0 Å². The molecule has 0 fully saturated rings. The predicted molar refractivity (Wildman–Crippen MR) is 148 cm³/mol. The van der Waals surface area contributed by atoms with Gasteiger partial charge in [0.25, 0.3) is 34.1 Å². The van der Waals surface area contributed by atoms with E-state index in [1.165, 1.54) is 24.3 Å². The summed E-state index contributed by atoms with van der Waals surface area (Å²) in [5.41, 5.74) is 2.58. The van der Waals surface area contributed by atoms with E-state index in [4.69, 9.17) is 27.9 Å². The normalized spacial score (nSPS) is 13.4. The van der Waals surface area contributed by atoms with E-state index in [-0.39, 0.29) is 33.4 Å². The number of fused-ring (bicyclic) bond motifs is 2. The summed E-state index contributed by atoms with van der Waals surface area (Å²) < 4.78 is 5.92. The molecule has 41 heavy (non-hydrogen) atoms. The third kappa shape index (κ3) is 4.57. The maximum atomic E-state index is 12.1. The number of nitrogens with one attached hydrogen (secondary N) is 2. The van der Waals surface area contributed by atoms with E-state index in [2.05, 4.69) is 10.6 Å². The average molecular weight is 585 g/mol. The van der Waals surface area contributed by atoms with Gasteiger partial charge in [-0.3, -0.25) is 39.4 Å². The van der Waals surface area contributed by atoms with Crippen LogP contribution in [-0.4, -0.2) is 34.1 Å². The summed E-state index contributed by atoms with van der Waals surface area (Å²) in [5.74, 6) is -1.37. The number of carbonyl (C=O) groups is 6. The van der Waals surface area contributed by atoms with Crippen molar-refractivity contribution in [1.29, 1.82) is 0 Å². The van der Waals surface area contributed by atoms with Crippen LogP contribution in [0.5, 0.6) is 11.5 Å². The van der Waals surface area contributed by atoms with Gasteiger partial charge in [-0.05, 0) is 94.0 Å². The zero-order valence-corrected chi connectivity index (χ0v) is 22.1. The molecule has 200 valence electrons. The molecular weight excluding hydrogens is 571 g/mol. The Morgan fingerprint density at radius 1 is 0.488 bits per heavy atom. The summed E-state index contributed by atoms with van der Waals surface area (Å²) in [4.78, 5) is 72.3. The molecule has 2 N–H and O–H groups in total. The first-order chi connectivity index (χ1) is 19.6. The molecule has 0 bridgehead atoms. The van der Waals surface area contributed by atoms with Crippen LogP contribution in [0.1, 0.15) is 62.1 Å². The second-order valence-corrected chi connectivity index (χ2v) is 9.84. The van der Waals surface area contributed by atoms with Crippen molar-refractivity contribution in [3.05, 3.63) is 106 Å². The highest BCUT2D eigenvalue weighted by atomic mass is 35.5. The lowest BCUT2D eigenvalue weighted by atomic mass is 9.94.